The Morgan fingerprint density at radius 3 is 2.22 bits per heavy atom. The number of pyridine rings is 1. The van der Waals surface area contributed by atoms with Crippen LogP contribution < -0.4 is 32.0 Å². The molecule has 0 atom stereocenters. The molecule has 3 heterocycles. The third-order valence-electron chi connectivity index (χ3n) is 6.30. The van der Waals surface area contributed by atoms with Crippen LogP contribution in [0.25, 0.3) is 11.5 Å². The van der Waals surface area contributed by atoms with Crippen LogP contribution in [0.5, 0.6) is 17.4 Å². The topological polar surface area (TPSA) is 146 Å². The molecule has 18 heteroatoms. The molecule has 238 valence electrons. The molecule has 0 amide bonds. The number of aromatic nitrogens is 5. The Bertz CT molecular complexity index is 2070. The van der Waals surface area contributed by atoms with Crippen molar-refractivity contribution in [2.75, 3.05) is 13.2 Å². The molecule has 45 heavy (non-hydrogen) atoms. The van der Waals surface area contributed by atoms with Crippen LogP contribution in [-0.2, 0) is 29.8 Å². The summed E-state index contributed by atoms with van der Waals surface area (Å²) in [6.07, 6.45) is -5.01. The molecule has 0 saturated carbocycles. The zero-order valence-electron chi connectivity index (χ0n) is 23.8. The molecular weight excluding hydrogens is 634 g/mol. The van der Waals surface area contributed by atoms with Gasteiger partial charge in [0, 0.05) is 38.0 Å². The number of rotatable bonds is 8. The zero-order chi connectivity index (χ0) is 33.4. The minimum absolute atomic E-state index is 0.0121. The van der Waals surface area contributed by atoms with Gasteiger partial charge in [0.2, 0.25) is 0 Å². The molecule has 4 rings (SSSR count). The molecule has 0 aliphatic carbocycles. The highest BCUT2D eigenvalue weighted by molar-refractivity contribution is 6.32. The van der Waals surface area contributed by atoms with Crippen LogP contribution in [0.4, 0.5) is 17.6 Å². The van der Waals surface area contributed by atoms with Crippen molar-refractivity contribution in [3.63, 3.8) is 0 Å². The SMILES string of the molecule is CCOC(=O)COc1nc(-n2c(=O)cc(C(F)(F)F)n(C)c2=O)ccc1Oc1cc(-n2c(=O)cc(C)n(C)c2=O)c(F)cc1Cl. The van der Waals surface area contributed by atoms with Crippen LogP contribution in [0.1, 0.15) is 18.3 Å². The molecule has 0 aliphatic heterocycles. The van der Waals surface area contributed by atoms with Gasteiger partial charge in [0.15, 0.2) is 12.4 Å². The molecule has 0 aliphatic rings. The van der Waals surface area contributed by atoms with Gasteiger partial charge in [-0.05, 0) is 32.0 Å². The number of aryl methyl sites for hydroxylation is 1. The van der Waals surface area contributed by atoms with Gasteiger partial charge in [-0.25, -0.2) is 27.9 Å². The molecule has 0 N–H and O–H groups in total. The van der Waals surface area contributed by atoms with Crippen molar-refractivity contribution in [3.05, 3.63) is 100 Å². The summed E-state index contributed by atoms with van der Waals surface area (Å²) in [6, 6.07) is 5.10. The van der Waals surface area contributed by atoms with E-state index in [1.165, 1.54) is 20.9 Å². The number of esters is 1. The zero-order valence-corrected chi connectivity index (χ0v) is 24.5. The van der Waals surface area contributed by atoms with E-state index in [-0.39, 0.29) is 33.8 Å². The lowest BCUT2D eigenvalue weighted by Crippen LogP contribution is -2.41. The van der Waals surface area contributed by atoms with Crippen molar-refractivity contribution in [1.29, 1.82) is 0 Å². The first kappa shape index (κ1) is 32.7. The molecule has 0 saturated heterocycles. The van der Waals surface area contributed by atoms with Crippen molar-refractivity contribution in [2.45, 2.75) is 20.0 Å². The van der Waals surface area contributed by atoms with Gasteiger partial charge < -0.3 is 18.8 Å². The van der Waals surface area contributed by atoms with Crippen LogP contribution in [0, 0.1) is 12.7 Å². The van der Waals surface area contributed by atoms with E-state index in [0.29, 0.717) is 14.8 Å². The van der Waals surface area contributed by atoms with E-state index in [2.05, 4.69) is 4.98 Å². The largest absolute Gasteiger partial charge is 0.463 e. The third kappa shape index (κ3) is 6.52. The number of hydrogen-bond acceptors (Lipinski definition) is 9. The van der Waals surface area contributed by atoms with E-state index in [0.717, 1.165) is 41.9 Å². The average Bonchev–Trinajstić information content (AvgIpc) is 2.95. The molecule has 0 spiro atoms. The van der Waals surface area contributed by atoms with Gasteiger partial charge in [0.1, 0.15) is 23.1 Å². The lowest BCUT2D eigenvalue weighted by atomic mass is 10.2. The van der Waals surface area contributed by atoms with Gasteiger partial charge >= 0.3 is 23.5 Å². The Morgan fingerprint density at radius 2 is 1.58 bits per heavy atom. The highest BCUT2D eigenvalue weighted by Gasteiger charge is 2.35. The Labute approximate surface area is 254 Å². The maximum atomic E-state index is 15.0. The molecule has 0 fully saturated rings. The van der Waals surface area contributed by atoms with E-state index in [9.17, 15) is 41.5 Å². The molecule has 0 radical (unpaired) electrons. The van der Waals surface area contributed by atoms with Crippen molar-refractivity contribution >= 4 is 17.6 Å². The van der Waals surface area contributed by atoms with Crippen molar-refractivity contribution in [1.82, 2.24) is 23.3 Å². The first-order valence-corrected chi connectivity index (χ1v) is 13.1. The number of carbonyl (C=O) groups excluding carboxylic acids is 1. The van der Waals surface area contributed by atoms with Gasteiger partial charge in [0.05, 0.1) is 17.3 Å². The number of carbonyl (C=O) groups is 1. The summed E-state index contributed by atoms with van der Waals surface area (Å²) in [5.74, 6) is -3.68. The maximum absolute atomic E-state index is 15.0. The molecule has 0 unspecified atom stereocenters. The van der Waals surface area contributed by atoms with E-state index in [4.69, 9.17) is 25.8 Å². The second kappa shape index (κ2) is 12.4. The summed E-state index contributed by atoms with van der Waals surface area (Å²) < 4.78 is 73.0. The normalized spacial score (nSPS) is 11.4. The summed E-state index contributed by atoms with van der Waals surface area (Å²) in [4.78, 5) is 66.8. The number of nitrogens with zero attached hydrogens (tertiary/aromatic N) is 5. The summed E-state index contributed by atoms with van der Waals surface area (Å²) in [7, 11) is 2.17. The first-order chi connectivity index (χ1) is 21.0. The number of ether oxygens (including phenoxy) is 3. The Hall–Kier alpha value is -5.19. The fourth-order valence-electron chi connectivity index (χ4n) is 4.01. The van der Waals surface area contributed by atoms with Crippen LogP contribution >= 0.6 is 11.6 Å². The van der Waals surface area contributed by atoms with Gasteiger partial charge in [0.25, 0.3) is 17.0 Å². The van der Waals surface area contributed by atoms with E-state index in [1.807, 2.05) is 0 Å². The second-order valence-electron chi connectivity index (χ2n) is 9.25. The third-order valence-corrected chi connectivity index (χ3v) is 6.60. The lowest BCUT2D eigenvalue weighted by molar-refractivity contribution is -0.145. The van der Waals surface area contributed by atoms with E-state index >= 15 is 0 Å². The van der Waals surface area contributed by atoms with Crippen molar-refractivity contribution < 1.29 is 36.6 Å². The molecule has 0 bridgehead atoms. The lowest BCUT2D eigenvalue weighted by Gasteiger charge is -2.16. The van der Waals surface area contributed by atoms with Crippen molar-refractivity contribution in [3.8, 4) is 28.9 Å². The highest BCUT2D eigenvalue weighted by atomic mass is 35.5. The number of hydrogen-bond donors (Lipinski definition) is 0. The minimum Gasteiger partial charge on any atom is -0.463 e. The number of benzene rings is 1. The Kier molecular flexibility index (Phi) is 9.04. The maximum Gasteiger partial charge on any atom is 0.431 e. The van der Waals surface area contributed by atoms with Gasteiger partial charge in [-0.15, -0.1) is 0 Å². The number of halogens is 5. The van der Waals surface area contributed by atoms with Crippen molar-refractivity contribution in [2.24, 2.45) is 14.1 Å². The van der Waals surface area contributed by atoms with Gasteiger partial charge in [-0.2, -0.15) is 18.2 Å². The second-order valence-corrected chi connectivity index (χ2v) is 9.65. The fraction of sp³-hybridized carbons (Fsp3) is 0.259. The van der Waals surface area contributed by atoms with Crippen LogP contribution in [0.3, 0.4) is 0 Å². The number of alkyl halides is 3. The predicted octanol–water partition coefficient (Wildman–Crippen LogP) is 2.63. The summed E-state index contributed by atoms with van der Waals surface area (Å²) in [6.45, 7) is 2.25. The molecule has 13 nitrogen and oxygen atoms in total. The predicted molar refractivity (Wildman–Crippen MR) is 149 cm³/mol. The summed E-state index contributed by atoms with van der Waals surface area (Å²) >= 11 is 6.18. The van der Waals surface area contributed by atoms with Gasteiger partial charge in [-0.3, -0.25) is 14.2 Å². The van der Waals surface area contributed by atoms with Crippen LogP contribution in [-0.4, -0.2) is 42.4 Å². The molecule has 3 aromatic heterocycles. The quantitative estimate of drug-likeness (QED) is 0.207. The summed E-state index contributed by atoms with van der Waals surface area (Å²) in [5.41, 5.74) is -6.22. The molecule has 4 aromatic rings. The smallest absolute Gasteiger partial charge is 0.431 e. The average molecular weight is 656 g/mol. The van der Waals surface area contributed by atoms with Crippen LogP contribution in [0.2, 0.25) is 5.02 Å². The minimum atomic E-state index is -5.01. The monoisotopic (exact) mass is 655 g/mol. The Balaban J connectivity index is 1.86. The van der Waals surface area contributed by atoms with E-state index in [1.54, 1.807) is 0 Å². The fourth-order valence-corrected chi connectivity index (χ4v) is 4.19. The Morgan fingerprint density at radius 1 is 0.933 bits per heavy atom. The van der Waals surface area contributed by atoms with Crippen LogP contribution in [0.15, 0.2) is 55.6 Å². The molecular formula is C27H22ClF4N5O8. The molecule has 1 aromatic carbocycles. The van der Waals surface area contributed by atoms with Gasteiger partial charge in [-0.1, -0.05) is 11.6 Å². The highest BCUT2D eigenvalue weighted by Crippen LogP contribution is 2.36. The first-order valence-electron chi connectivity index (χ1n) is 12.7. The summed E-state index contributed by atoms with van der Waals surface area (Å²) in [5, 5.41) is -0.346. The standard InChI is InChI=1S/C27H22ClF4N5O8/c1-5-43-23(40)12-44-24-17(6-7-20(33-24)37-22(39)11-19(27(30,31)32)35(4)26(37)42)45-18-10-16(15(29)9-14(18)28)36-21(38)8-13(2)34(3)25(36)41/h6-11H,5,12H2,1-4H3. The van der Waals surface area contributed by atoms with E-state index < -0.39 is 70.1 Å².